The second-order valence-corrected chi connectivity index (χ2v) is 9.34. The van der Waals surface area contributed by atoms with Crippen molar-refractivity contribution in [2.75, 3.05) is 10.6 Å². The third-order valence-electron chi connectivity index (χ3n) is 3.83. The highest BCUT2D eigenvalue weighted by Crippen LogP contribution is 2.29. The number of hydrogen-bond acceptors (Lipinski definition) is 3. The lowest BCUT2D eigenvalue weighted by molar-refractivity contribution is -0.121. The van der Waals surface area contributed by atoms with Crippen LogP contribution in [0.25, 0.3) is 0 Å². The Morgan fingerprint density at radius 1 is 1.00 bits per heavy atom. The highest BCUT2D eigenvalue weighted by Gasteiger charge is 2.34. The smallest absolute Gasteiger partial charge is 0.228 e. The van der Waals surface area contributed by atoms with Gasteiger partial charge in [0.05, 0.1) is 6.42 Å². The fraction of sp³-hybridized carbons (Fsp3) is 0.250. The number of halogens is 3. The zero-order valence-electron chi connectivity index (χ0n) is 16.3. The molecule has 0 spiro atoms. The van der Waals surface area contributed by atoms with Crippen LogP contribution in [0.15, 0.2) is 48.5 Å². The van der Waals surface area contributed by atoms with Crippen molar-refractivity contribution >= 4 is 75.3 Å². The van der Waals surface area contributed by atoms with Crippen molar-refractivity contribution in [2.45, 2.75) is 30.2 Å². The van der Waals surface area contributed by atoms with Crippen LogP contribution in [0, 0.1) is 6.92 Å². The van der Waals surface area contributed by atoms with Gasteiger partial charge in [0.25, 0.3) is 0 Å². The monoisotopic (exact) mass is 486 g/mol. The van der Waals surface area contributed by atoms with Gasteiger partial charge in [0.15, 0.2) is 5.11 Å². The number of rotatable bonds is 6. The molecule has 2 aromatic rings. The van der Waals surface area contributed by atoms with Gasteiger partial charge in [0.2, 0.25) is 15.6 Å². The summed E-state index contributed by atoms with van der Waals surface area (Å²) in [7, 11) is 0. The molecule has 2 amide bonds. The lowest BCUT2D eigenvalue weighted by Gasteiger charge is -2.28. The van der Waals surface area contributed by atoms with Crippen molar-refractivity contribution in [1.29, 1.82) is 0 Å². The minimum atomic E-state index is -1.85. The fourth-order valence-corrected chi connectivity index (χ4v) is 3.04. The van der Waals surface area contributed by atoms with Gasteiger partial charge in [-0.1, -0.05) is 70.7 Å². The van der Waals surface area contributed by atoms with Crippen LogP contribution in [0.1, 0.15) is 18.1 Å². The van der Waals surface area contributed by atoms with Gasteiger partial charge in [-0.05, 0) is 42.9 Å². The number of alkyl halides is 3. The summed E-state index contributed by atoms with van der Waals surface area (Å²) in [6.45, 7) is 3.38. The predicted octanol–water partition coefficient (Wildman–Crippen LogP) is 4.30. The molecular formula is C20H21Cl3N4O2S. The maximum Gasteiger partial charge on any atom is 0.228 e. The van der Waals surface area contributed by atoms with Crippen LogP contribution in [-0.4, -0.2) is 26.9 Å². The van der Waals surface area contributed by atoms with E-state index in [2.05, 4.69) is 21.3 Å². The number of benzene rings is 2. The van der Waals surface area contributed by atoms with Crippen LogP contribution >= 0.6 is 47.0 Å². The summed E-state index contributed by atoms with van der Waals surface area (Å²) in [5, 5.41) is 11.2. The number of hydrogen-bond donors (Lipinski definition) is 4. The molecule has 0 aromatic heterocycles. The van der Waals surface area contributed by atoms with Gasteiger partial charge in [-0.25, -0.2) is 0 Å². The molecule has 1 unspecified atom stereocenters. The van der Waals surface area contributed by atoms with E-state index in [0.717, 1.165) is 11.1 Å². The van der Waals surface area contributed by atoms with E-state index in [9.17, 15) is 9.59 Å². The van der Waals surface area contributed by atoms with Gasteiger partial charge in [-0.15, -0.1) is 0 Å². The molecule has 30 heavy (non-hydrogen) atoms. The lowest BCUT2D eigenvalue weighted by atomic mass is 10.1. The van der Waals surface area contributed by atoms with E-state index in [0.29, 0.717) is 11.4 Å². The molecule has 4 N–H and O–H groups in total. The standard InChI is InChI=1S/C20H21Cl3N4O2S/c1-12-6-8-14(9-7-12)10-17(29)26-18(20(21,22)23)27-19(30)25-16-5-3-4-15(11-16)24-13(2)28/h3-9,11,18H,10H2,1-2H3,(H,24,28)(H,26,29)(H2,25,27,30). The summed E-state index contributed by atoms with van der Waals surface area (Å²) in [5.41, 5.74) is 3.13. The molecule has 0 aliphatic heterocycles. The zero-order chi connectivity index (χ0) is 22.3. The predicted molar refractivity (Wildman–Crippen MR) is 127 cm³/mol. The Morgan fingerprint density at radius 3 is 2.17 bits per heavy atom. The van der Waals surface area contributed by atoms with E-state index in [1.807, 2.05) is 31.2 Å². The number of carbonyl (C=O) groups is 2. The molecule has 160 valence electrons. The van der Waals surface area contributed by atoms with Gasteiger partial charge >= 0.3 is 0 Å². The minimum Gasteiger partial charge on any atom is -0.339 e. The van der Waals surface area contributed by atoms with Crippen molar-refractivity contribution in [2.24, 2.45) is 0 Å². The summed E-state index contributed by atoms with van der Waals surface area (Å²) < 4.78 is -1.85. The molecule has 0 aliphatic rings. The van der Waals surface area contributed by atoms with Crippen molar-refractivity contribution in [1.82, 2.24) is 10.6 Å². The summed E-state index contributed by atoms with van der Waals surface area (Å²) in [4.78, 5) is 23.6. The Hall–Kier alpha value is -2.06. The number of nitrogens with one attached hydrogen (secondary N) is 4. The first-order valence-electron chi connectivity index (χ1n) is 8.90. The summed E-state index contributed by atoms with van der Waals surface area (Å²) in [6, 6.07) is 14.5. The molecule has 0 saturated carbocycles. The second-order valence-electron chi connectivity index (χ2n) is 6.56. The Labute approximate surface area is 195 Å². The van der Waals surface area contributed by atoms with Crippen LogP contribution in [0.2, 0.25) is 0 Å². The zero-order valence-corrected chi connectivity index (χ0v) is 19.3. The van der Waals surface area contributed by atoms with Crippen molar-refractivity contribution in [3.63, 3.8) is 0 Å². The fourth-order valence-electron chi connectivity index (χ4n) is 2.48. The van der Waals surface area contributed by atoms with Gasteiger partial charge in [-0.3, -0.25) is 9.59 Å². The van der Waals surface area contributed by atoms with Crippen molar-refractivity contribution in [3.05, 3.63) is 59.7 Å². The second kappa shape index (κ2) is 10.8. The molecule has 2 rings (SSSR count). The van der Waals surface area contributed by atoms with E-state index in [1.54, 1.807) is 24.3 Å². The largest absolute Gasteiger partial charge is 0.339 e. The number of carbonyl (C=O) groups excluding carboxylic acids is 2. The first kappa shape index (κ1) is 24.2. The van der Waals surface area contributed by atoms with Gasteiger partial charge in [0, 0.05) is 18.3 Å². The molecule has 0 fully saturated rings. The number of thiocarbonyl (C=S) groups is 1. The van der Waals surface area contributed by atoms with Gasteiger partial charge in [-0.2, -0.15) is 0 Å². The normalized spacial score (nSPS) is 11.9. The maximum atomic E-state index is 12.4. The topological polar surface area (TPSA) is 82.3 Å². The van der Waals surface area contributed by atoms with Gasteiger partial charge in [0.1, 0.15) is 6.17 Å². The molecule has 0 radical (unpaired) electrons. The van der Waals surface area contributed by atoms with Crippen LogP contribution < -0.4 is 21.3 Å². The molecule has 0 saturated heterocycles. The van der Waals surface area contributed by atoms with Crippen LogP contribution in [0.3, 0.4) is 0 Å². The highest BCUT2D eigenvalue weighted by atomic mass is 35.6. The average molecular weight is 488 g/mol. The average Bonchev–Trinajstić information content (AvgIpc) is 2.62. The van der Waals surface area contributed by atoms with Crippen molar-refractivity contribution in [3.8, 4) is 0 Å². The number of anilines is 2. The molecule has 10 heteroatoms. The maximum absolute atomic E-state index is 12.4. The van der Waals surface area contributed by atoms with E-state index < -0.39 is 9.96 Å². The summed E-state index contributed by atoms with van der Waals surface area (Å²) in [5.74, 6) is -0.529. The Balaban J connectivity index is 2.00. The Bertz CT molecular complexity index is 917. The Morgan fingerprint density at radius 2 is 1.60 bits per heavy atom. The van der Waals surface area contributed by atoms with Crippen LogP contribution in [0.5, 0.6) is 0 Å². The summed E-state index contributed by atoms with van der Waals surface area (Å²) in [6.07, 6.45) is -0.947. The quantitative estimate of drug-likeness (QED) is 0.277. The van der Waals surface area contributed by atoms with Crippen LogP contribution in [0.4, 0.5) is 11.4 Å². The number of aryl methyl sites for hydroxylation is 1. The van der Waals surface area contributed by atoms with E-state index in [4.69, 9.17) is 47.0 Å². The SMILES string of the molecule is CC(=O)Nc1cccc(NC(=S)NC(NC(=O)Cc2ccc(C)cc2)C(Cl)(Cl)Cl)c1. The van der Waals surface area contributed by atoms with Crippen molar-refractivity contribution < 1.29 is 9.59 Å². The van der Waals surface area contributed by atoms with E-state index in [1.165, 1.54) is 6.92 Å². The third-order valence-corrected chi connectivity index (χ3v) is 4.71. The Kier molecular flexibility index (Phi) is 8.73. The number of amides is 2. The van der Waals surface area contributed by atoms with E-state index in [-0.39, 0.29) is 23.3 Å². The molecule has 0 heterocycles. The van der Waals surface area contributed by atoms with Crippen LogP contribution in [-0.2, 0) is 16.0 Å². The highest BCUT2D eigenvalue weighted by molar-refractivity contribution is 7.80. The molecule has 6 nitrogen and oxygen atoms in total. The first-order valence-corrected chi connectivity index (χ1v) is 10.4. The third kappa shape index (κ3) is 8.36. The molecule has 2 aromatic carbocycles. The van der Waals surface area contributed by atoms with Gasteiger partial charge < -0.3 is 21.3 Å². The molecule has 0 aliphatic carbocycles. The molecule has 1 atom stereocenters. The summed E-state index contributed by atoms with van der Waals surface area (Å²) >= 11 is 23.3. The molecule has 0 bridgehead atoms. The minimum absolute atomic E-state index is 0.123. The first-order chi connectivity index (χ1) is 14.0. The molecular weight excluding hydrogens is 467 g/mol. The lowest BCUT2D eigenvalue weighted by Crippen LogP contribution is -2.56. The van der Waals surface area contributed by atoms with E-state index >= 15 is 0 Å².